The Labute approximate surface area is 120 Å². The Morgan fingerprint density at radius 3 is 2.68 bits per heavy atom. The normalized spacial score (nSPS) is 17.8. The maximum absolute atomic E-state index is 6.25. The van der Waals surface area contributed by atoms with Crippen LogP contribution < -0.4 is 0 Å². The smallest absolute Gasteiger partial charge is 0.216 e. The molecule has 0 bridgehead atoms. The molecular formula is C12H11Cl2N3O2. The summed E-state index contributed by atoms with van der Waals surface area (Å²) in [6.07, 6.45) is 3.35. The van der Waals surface area contributed by atoms with E-state index < -0.39 is 5.79 Å². The zero-order chi connectivity index (χ0) is 13.3. The number of nitrogens with zero attached hydrogens (tertiary/aromatic N) is 3. The fourth-order valence-electron chi connectivity index (χ4n) is 2.12. The SMILES string of the molecule is Clc1ccc(C2(Cn3ccnn3)OCCO2)c(Cl)c1. The first kappa shape index (κ1) is 12.9. The van der Waals surface area contributed by atoms with Gasteiger partial charge < -0.3 is 9.47 Å². The van der Waals surface area contributed by atoms with Gasteiger partial charge >= 0.3 is 0 Å². The minimum atomic E-state index is -0.935. The van der Waals surface area contributed by atoms with Gasteiger partial charge in [-0.15, -0.1) is 5.10 Å². The summed E-state index contributed by atoms with van der Waals surface area (Å²) in [5, 5.41) is 8.79. The molecule has 0 atom stereocenters. The van der Waals surface area contributed by atoms with Gasteiger partial charge in [0.15, 0.2) is 0 Å². The van der Waals surface area contributed by atoms with E-state index in [1.807, 2.05) is 6.07 Å². The molecule has 0 aliphatic carbocycles. The van der Waals surface area contributed by atoms with E-state index in [0.717, 1.165) is 5.56 Å². The van der Waals surface area contributed by atoms with E-state index in [0.29, 0.717) is 29.8 Å². The summed E-state index contributed by atoms with van der Waals surface area (Å²) >= 11 is 12.2. The van der Waals surface area contributed by atoms with Crippen LogP contribution in [-0.2, 0) is 21.8 Å². The largest absolute Gasteiger partial charge is 0.342 e. The molecule has 1 aromatic heterocycles. The molecule has 0 saturated carbocycles. The minimum Gasteiger partial charge on any atom is -0.342 e. The van der Waals surface area contributed by atoms with Crippen LogP contribution >= 0.6 is 23.2 Å². The Balaban J connectivity index is 2.00. The van der Waals surface area contributed by atoms with Crippen molar-refractivity contribution in [2.75, 3.05) is 13.2 Å². The van der Waals surface area contributed by atoms with Gasteiger partial charge in [-0.05, 0) is 12.1 Å². The van der Waals surface area contributed by atoms with E-state index in [1.165, 1.54) is 0 Å². The molecule has 1 aliphatic rings. The average Bonchev–Trinajstić information content (AvgIpc) is 3.02. The molecule has 1 saturated heterocycles. The predicted octanol–water partition coefficient (Wildman–Crippen LogP) is 2.48. The number of aromatic nitrogens is 3. The second kappa shape index (κ2) is 5.09. The molecule has 0 amide bonds. The van der Waals surface area contributed by atoms with Crippen molar-refractivity contribution in [3.63, 3.8) is 0 Å². The molecule has 0 N–H and O–H groups in total. The highest BCUT2D eigenvalue weighted by molar-refractivity contribution is 6.35. The third kappa shape index (κ3) is 2.47. The summed E-state index contributed by atoms with van der Waals surface area (Å²) in [4.78, 5) is 0. The van der Waals surface area contributed by atoms with Crippen LogP contribution in [0.25, 0.3) is 0 Å². The Morgan fingerprint density at radius 2 is 2.05 bits per heavy atom. The molecule has 0 unspecified atom stereocenters. The van der Waals surface area contributed by atoms with Gasteiger partial charge in [-0.25, -0.2) is 4.68 Å². The van der Waals surface area contributed by atoms with Crippen molar-refractivity contribution in [1.29, 1.82) is 0 Å². The molecule has 2 aromatic rings. The molecule has 19 heavy (non-hydrogen) atoms. The number of benzene rings is 1. The van der Waals surface area contributed by atoms with Crippen LogP contribution in [0.15, 0.2) is 30.6 Å². The Hall–Kier alpha value is -1.14. The van der Waals surface area contributed by atoms with Crippen LogP contribution in [0.5, 0.6) is 0 Å². The van der Waals surface area contributed by atoms with Crippen LogP contribution in [-0.4, -0.2) is 28.2 Å². The molecule has 7 heteroatoms. The van der Waals surface area contributed by atoms with Crippen LogP contribution in [0.4, 0.5) is 0 Å². The summed E-state index contributed by atoms with van der Waals surface area (Å²) in [5.74, 6) is -0.935. The zero-order valence-electron chi connectivity index (χ0n) is 9.92. The van der Waals surface area contributed by atoms with Gasteiger partial charge in [0.2, 0.25) is 5.79 Å². The van der Waals surface area contributed by atoms with Crippen molar-refractivity contribution in [2.24, 2.45) is 0 Å². The molecule has 5 nitrogen and oxygen atoms in total. The lowest BCUT2D eigenvalue weighted by Gasteiger charge is -2.28. The highest BCUT2D eigenvalue weighted by Crippen LogP contribution is 2.38. The van der Waals surface area contributed by atoms with Crippen LogP contribution in [0.3, 0.4) is 0 Å². The van der Waals surface area contributed by atoms with Gasteiger partial charge in [-0.1, -0.05) is 34.5 Å². The molecule has 1 fully saturated rings. The minimum absolute atomic E-state index is 0.383. The fraction of sp³-hybridized carbons (Fsp3) is 0.333. The number of hydrogen-bond donors (Lipinski definition) is 0. The number of halogens is 2. The van der Waals surface area contributed by atoms with E-state index >= 15 is 0 Å². The van der Waals surface area contributed by atoms with E-state index in [-0.39, 0.29) is 0 Å². The predicted molar refractivity (Wildman–Crippen MR) is 70.1 cm³/mol. The molecule has 1 aliphatic heterocycles. The monoisotopic (exact) mass is 299 g/mol. The quantitative estimate of drug-likeness (QED) is 0.874. The molecule has 3 rings (SSSR count). The number of rotatable bonds is 3. The fourth-order valence-corrected chi connectivity index (χ4v) is 2.67. The van der Waals surface area contributed by atoms with Gasteiger partial charge in [0.25, 0.3) is 0 Å². The first-order chi connectivity index (χ1) is 9.20. The Kier molecular flexibility index (Phi) is 3.45. The third-order valence-electron chi connectivity index (χ3n) is 2.94. The van der Waals surface area contributed by atoms with Crippen LogP contribution in [0.1, 0.15) is 5.56 Å². The van der Waals surface area contributed by atoms with Crippen molar-refractivity contribution in [1.82, 2.24) is 15.0 Å². The molecular weight excluding hydrogens is 289 g/mol. The highest BCUT2D eigenvalue weighted by atomic mass is 35.5. The number of ether oxygens (including phenoxy) is 2. The summed E-state index contributed by atoms with van der Waals surface area (Å²) in [6, 6.07) is 5.25. The third-order valence-corrected chi connectivity index (χ3v) is 3.49. The van der Waals surface area contributed by atoms with Crippen molar-refractivity contribution in [2.45, 2.75) is 12.3 Å². The zero-order valence-corrected chi connectivity index (χ0v) is 11.4. The molecule has 0 spiro atoms. The topological polar surface area (TPSA) is 49.2 Å². The summed E-state index contributed by atoms with van der Waals surface area (Å²) < 4.78 is 13.2. The average molecular weight is 300 g/mol. The number of hydrogen-bond acceptors (Lipinski definition) is 4. The lowest BCUT2D eigenvalue weighted by molar-refractivity contribution is -0.177. The molecule has 2 heterocycles. The van der Waals surface area contributed by atoms with Gasteiger partial charge in [0, 0.05) is 16.8 Å². The van der Waals surface area contributed by atoms with Crippen molar-refractivity contribution >= 4 is 23.2 Å². The lowest BCUT2D eigenvalue weighted by atomic mass is 10.1. The maximum Gasteiger partial charge on any atom is 0.216 e. The molecule has 1 aromatic carbocycles. The van der Waals surface area contributed by atoms with Crippen LogP contribution in [0.2, 0.25) is 10.0 Å². The van der Waals surface area contributed by atoms with Gasteiger partial charge in [-0.3, -0.25) is 0 Å². The van der Waals surface area contributed by atoms with E-state index in [4.69, 9.17) is 32.7 Å². The van der Waals surface area contributed by atoms with Gasteiger partial charge in [0.1, 0.15) is 6.54 Å². The molecule has 100 valence electrons. The van der Waals surface area contributed by atoms with E-state index in [9.17, 15) is 0 Å². The second-order valence-electron chi connectivity index (χ2n) is 4.17. The van der Waals surface area contributed by atoms with Gasteiger partial charge in [0.05, 0.1) is 24.4 Å². The first-order valence-electron chi connectivity index (χ1n) is 5.77. The van der Waals surface area contributed by atoms with Gasteiger partial charge in [-0.2, -0.15) is 0 Å². The maximum atomic E-state index is 6.25. The second-order valence-corrected chi connectivity index (χ2v) is 5.02. The standard InChI is InChI=1S/C12H11Cl2N3O2/c13-9-1-2-10(11(14)7-9)12(18-5-6-19-12)8-17-4-3-15-16-17/h1-4,7H,5-6,8H2. The summed E-state index contributed by atoms with van der Waals surface area (Å²) in [6.45, 7) is 1.40. The van der Waals surface area contributed by atoms with Crippen molar-refractivity contribution < 1.29 is 9.47 Å². The highest BCUT2D eigenvalue weighted by Gasteiger charge is 2.41. The molecule has 0 radical (unpaired) electrons. The van der Waals surface area contributed by atoms with Crippen LogP contribution in [0, 0.1) is 0 Å². The summed E-state index contributed by atoms with van der Waals surface area (Å²) in [5.41, 5.74) is 0.742. The van der Waals surface area contributed by atoms with Crippen molar-refractivity contribution in [3.05, 3.63) is 46.2 Å². The van der Waals surface area contributed by atoms with E-state index in [2.05, 4.69) is 10.3 Å². The Bertz CT molecular complexity index is 568. The first-order valence-corrected chi connectivity index (χ1v) is 6.53. The van der Waals surface area contributed by atoms with E-state index in [1.54, 1.807) is 29.2 Å². The van der Waals surface area contributed by atoms with Crippen molar-refractivity contribution in [3.8, 4) is 0 Å². The Morgan fingerprint density at radius 1 is 1.26 bits per heavy atom. The summed E-state index contributed by atoms with van der Waals surface area (Å²) in [7, 11) is 0. The lowest BCUT2D eigenvalue weighted by Crippen LogP contribution is -2.33.